The fourth-order valence-electron chi connectivity index (χ4n) is 2.01. The van der Waals surface area contributed by atoms with Crippen LogP contribution in [-0.4, -0.2) is 18.4 Å². The summed E-state index contributed by atoms with van der Waals surface area (Å²) in [6.07, 6.45) is 0.0370. The van der Waals surface area contributed by atoms with E-state index in [1.165, 1.54) is 4.90 Å². The molecule has 1 amide bonds. The van der Waals surface area contributed by atoms with Crippen LogP contribution in [0.15, 0.2) is 18.2 Å². The van der Waals surface area contributed by atoms with Gasteiger partial charge in [-0.2, -0.15) is 0 Å². The molecule has 1 aromatic rings. The van der Waals surface area contributed by atoms with Crippen molar-refractivity contribution < 1.29 is 14.7 Å². The van der Waals surface area contributed by atoms with E-state index in [4.69, 9.17) is 0 Å². The molecule has 4 nitrogen and oxygen atoms in total. The molecule has 0 spiro atoms. The van der Waals surface area contributed by atoms with E-state index in [2.05, 4.69) is 0 Å². The highest BCUT2D eigenvalue weighted by atomic mass is 16.4. The van der Waals surface area contributed by atoms with Crippen molar-refractivity contribution in [2.45, 2.75) is 20.3 Å². The Morgan fingerprint density at radius 1 is 1.35 bits per heavy atom. The first kappa shape index (κ1) is 11.6. The zero-order valence-electron chi connectivity index (χ0n) is 9.90. The number of carboxylic acid groups (broad SMARTS) is 1. The molecule has 2 rings (SSSR count). The Morgan fingerprint density at radius 2 is 2.06 bits per heavy atom. The van der Waals surface area contributed by atoms with Crippen molar-refractivity contribution in [3.05, 3.63) is 29.3 Å². The number of amides is 1. The minimum Gasteiger partial charge on any atom is -0.550 e. The van der Waals surface area contributed by atoms with Gasteiger partial charge in [0.25, 0.3) is 0 Å². The lowest BCUT2D eigenvalue weighted by atomic mass is 10.1. The summed E-state index contributed by atoms with van der Waals surface area (Å²) in [4.78, 5) is 24.0. The van der Waals surface area contributed by atoms with Crippen molar-refractivity contribution in [1.82, 2.24) is 0 Å². The molecule has 0 aromatic heterocycles. The number of carbonyl (C=O) groups is 2. The SMILES string of the molecule is Cc1ccc(N2C[C@@H](C(=O)[O-])CC2=O)cc1C. The van der Waals surface area contributed by atoms with Gasteiger partial charge in [-0.15, -0.1) is 0 Å². The second-order valence-electron chi connectivity index (χ2n) is 4.49. The first-order valence-electron chi connectivity index (χ1n) is 5.57. The first-order chi connectivity index (χ1) is 7.99. The highest BCUT2D eigenvalue weighted by Crippen LogP contribution is 2.26. The summed E-state index contributed by atoms with van der Waals surface area (Å²) in [5, 5.41) is 10.8. The molecular formula is C13H14NO3-. The standard InChI is InChI=1S/C13H15NO3/c1-8-3-4-11(5-9(8)2)14-7-10(13(16)17)6-12(14)15/h3-5,10H,6-7H2,1-2H3,(H,16,17)/p-1/t10-/m0/s1. The quantitative estimate of drug-likeness (QED) is 0.741. The molecule has 1 aliphatic rings. The summed E-state index contributed by atoms with van der Waals surface area (Å²) in [6.45, 7) is 4.17. The Labute approximate surface area is 99.9 Å². The van der Waals surface area contributed by atoms with Gasteiger partial charge in [-0.1, -0.05) is 6.07 Å². The van der Waals surface area contributed by atoms with Crippen LogP contribution in [-0.2, 0) is 9.59 Å². The number of aliphatic carboxylic acids is 1. The van der Waals surface area contributed by atoms with Crippen molar-refractivity contribution in [3.8, 4) is 0 Å². The fourth-order valence-corrected chi connectivity index (χ4v) is 2.01. The molecule has 1 aliphatic heterocycles. The predicted octanol–water partition coefficient (Wildman–Crippen LogP) is 0.406. The molecule has 0 saturated carbocycles. The third-order valence-electron chi connectivity index (χ3n) is 3.26. The number of benzene rings is 1. The highest BCUT2D eigenvalue weighted by Gasteiger charge is 2.31. The molecule has 90 valence electrons. The summed E-state index contributed by atoms with van der Waals surface area (Å²) in [6, 6.07) is 5.69. The largest absolute Gasteiger partial charge is 0.550 e. The molecule has 1 saturated heterocycles. The normalized spacial score (nSPS) is 19.8. The van der Waals surface area contributed by atoms with E-state index in [1.807, 2.05) is 32.0 Å². The van der Waals surface area contributed by atoms with E-state index >= 15 is 0 Å². The average molecular weight is 232 g/mol. The van der Waals surface area contributed by atoms with E-state index < -0.39 is 11.9 Å². The monoisotopic (exact) mass is 232 g/mol. The summed E-state index contributed by atoms with van der Waals surface area (Å²) in [5.74, 6) is -1.99. The summed E-state index contributed by atoms with van der Waals surface area (Å²) < 4.78 is 0. The Kier molecular flexibility index (Phi) is 2.88. The van der Waals surface area contributed by atoms with Crippen LogP contribution >= 0.6 is 0 Å². The second kappa shape index (κ2) is 4.20. The first-order valence-corrected chi connectivity index (χ1v) is 5.57. The van der Waals surface area contributed by atoms with Crippen LogP contribution in [0.2, 0.25) is 0 Å². The topological polar surface area (TPSA) is 60.4 Å². The van der Waals surface area contributed by atoms with Crippen molar-refractivity contribution in [2.24, 2.45) is 5.92 Å². The third-order valence-corrected chi connectivity index (χ3v) is 3.26. The smallest absolute Gasteiger partial charge is 0.227 e. The Bertz CT molecular complexity index is 482. The summed E-state index contributed by atoms with van der Waals surface area (Å²) in [7, 11) is 0. The van der Waals surface area contributed by atoms with E-state index in [0.29, 0.717) is 0 Å². The van der Waals surface area contributed by atoms with Gasteiger partial charge in [-0.05, 0) is 37.1 Å². The molecule has 1 heterocycles. The van der Waals surface area contributed by atoms with Gasteiger partial charge in [-0.25, -0.2) is 0 Å². The predicted molar refractivity (Wildman–Crippen MR) is 61.4 cm³/mol. The fraction of sp³-hybridized carbons (Fsp3) is 0.385. The Morgan fingerprint density at radius 3 is 2.59 bits per heavy atom. The Hall–Kier alpha value is -1.84. The van der Waals surface area contributed by atoms with Gasteiger partial charge in [0.2, 0.25) is 5.91 Å². The molecule has 0 radical (unpaired) electrons. The summed E-state index contributed by atoms with van der Waals surface area (Å²) in [5.41, 5.74) is 3.01. The van der Waals surface area contributed by atoms with Crippen LogP contribution in [0.5, 0.6) is 0 Å². The van der Waals surface area contributed by atoms with Gasteiger partial charge in [-0.3, -0.25) is 4.79 Å². The van der Waals surface area contributed by atoms with Gasteiger partial charge < -0.3 is 14.8 Å². The maximum atomic E-state index is 11.7. The molecule has 0 unspecified atom stereocenters. The highest BCUT2D eigenvalue weighted by molar-refractivity contribution is 5.99. The van der Waals surface area contributed by atoms with Crippen LogP contribution in [0.3, 0.4) is 0 Å². The lowest BCUT2D eigenvalue weighted by molar-refractivity contribution is -0.310. The average Bonchev–Trinajstić information content (AvgIpc) is 2.65. The van der Waals surface area contributed by atoms with Crippen LogP contribution in [0.25, 0.3) is 0 Å². The number of rotatable bonds is 2. The van der Waals surface area contributed by atoms with Crippen LogP contribution in [0, 0.1) is 19.8 Å². The van der Waals surface area contributed by atoms with E-state index in [9.17, 15) is 14.7 Å². The second-order valence-corrected chi connectivity index (χ2v) is 4.49. The van der Waals surface area contributed by atoms with Crippen LogP contribution in [0.4, 0.5) is 5.69 Å². The number of carboxylic acids is 1. The van der Waals surface area contributed by atoms with Crippen LogP contribution < -0.4 is 10.0 Å². The molecule has 1 fully saturated rings. The van der Waals surface area contributed by atoms with Gasteiger partial charge in [0, 0.05) is 30.5 Å². The van der Waals surface area contributed by atoms with Crippen molar-refractivity contribution in [3.63, 3.8) is 0 Å². The van der Waals surface area contributed by atoms with Crippen molar-refractivity contribution in [2.75, 3.05) is 11.4 Å². The van der Waals surface area contributed by atoms with Crippen LogP contribution in [0.1, 0.15) is 17.5 Å². The zero-order chi connectivity index (χ0) is 12.6. The number of nitrogens with zero attached hydrogens (tertiary/aromatic N) is 1. The minimum atomic E-state index is -1.15. The molecule has 0 aliphatic carbocycles. The number of aryl methyl sites for hydroxylation is 2. The van der Waals surface area contributed by atoms with Crippen molar-refractivity contribution in [1.29, 1.82) is 0 Å². The molecule has 1 atom stereocenters. The molecule has 0 N–H and O–H groups in total. The zero-order valence-corrected chi connectivity index (χ0v) is 9.90. The van der Waals surface area contributed by atoms with E-state index in [1.54, 1.807) is 0 Å². The maximum absolute atomic E-state index is 11.7. The molecule has 17 heavy (non-hydrogen) atoms. The van der Waals surface area contributed by atoms with E-state index in [-0.39, 0.29) is 18.9 Å². The molecule has 4 heteroatoms. The van der Waals surface area contributed by atoms with Gasteiger partial charge in [0.15, 0.2) is 0 Å². The minimum absolute atomic E-state index is 0.0370. The number of hydrogen-bond donors (Lipinski definition) is 0. The molecule has 0 bridgehead atoms. The number of anilines is 1. The number of hydrogen-bond acceptors (Lipinski definition) is 3. The summed E-state index contributed by atoms with van der Waals surface area (Å²) >= 11 is 0. The lowest BCUT2D eigenvalue weighted by Gasteiger charge is -2.18. The lowest BCUT2D eigenvalue weighted by Crippen LogP contribution is -2.33. The van der Waals surface area contributed by atoms with E-state index in [0.717, 1.165) is 16.8 Å². The van der Waals surface area contributed by atoms with Gasteiger partial charge >= 0.3 is 0 Å². The van der Waals surface area contributed by atoms with Gasteiger partial charge in [0.1, 0.15) is 0 Å². The number of carbonyl (C=O) groups excluding carboxylic acids is 2. The maximum Gasteiger partial charge on any atom is 0.227 e. The van der Waals surface area contributed by atoms with Gasteiger partial charge in [0.05, 0.1) is 0 Å². The third kappa shape index (κ3) is 2.16. The molecule has 1 aromatic carbocycles. The Balaban J connectivity index is 2.26. The van der Waals surface area contributed by atoms with Crippen molar-refractivity contribution >= 4 is 17.6 Å². The molecular weight excluding hydrogens is 218 g/mol.